The maximum Gasteiger partial charge on any atom is 0.291 e. The number of aryl methyl sites for hydroxylation is 2. The van der Waals surface area contributed by atoms with Crippen molar-refractivity contribution in [3.8, 4) is 0 Å². The molecule has 1 aliphatic rings. The third-order valence-corrected chi connectivity index (χ3v) is 5.86. The second-order valence-corrected chi connectivity index (χ2v) is 8.16. The highest BCUT2D eigenvalue weighted by atomic mass is 35.5. The van der Waals surface area contributed by atoms with Crippen LogP contribution in [0.4, 0.5) is 0 Å². The van der Waals surface area contributed by atoms with Crippen molar-refractivity contribution in [1.29, 1.82) is 0 Å². The number of imidazole rings is 1. The maximum atomic E-state index is 13.3. The molecular formula is C24H22ClN3O3. The van der Waals surface area contributed by atoms with Gasteiger partial charge in [-0.05, 0) is 31.0 Å². The van der Waals surface area contributed by atoms with Crippen LogP contribution in [0.3, 0.4) is 0 Å². The molecule has 2 atom stereocenters. The monoisotopic (exact) mass is 435 g/mol. The second kappa shape index (κ2) is 8.86. The molecule has 1 aromatic heterocycles. The standard InChI is InChI=1S/C24H22ClN3O3/c1-16-3-5-18(6-4-16)22(29)20-21(17-7-9-19(25)10-8-17)28(24(31)23(20)30)13-2-12-27-14-11-26-15-27/h3-11,14-15,20-21H,2,12-13H2,1H3. The summed E-state index contributed by atoms with van der Waals surface area (Å²) in [5.41, 5.74) is 2.16. The van der Waals surface area contributed by atoms with Gasteiger partial charge in [0, 0.05) is 36.1 Å². The lowest BCUT2D eigenvalue weighted by Crippen LogP contribution is -2.32. The van der Waals surface area contributed by atoms with Gasteiger partial charge in [-0.1, -0.05) is 53.6 Å². The van der Waals surface area contributed by atoms with E-state index in [0.717, 1.165) is 11.1 Å². The third kappa shape index (κ3) is 4.30. The maximum absolute atomic E-state index is 13.3. The summed E-state index contributed by atoms with van der Waals surface area (Å²) in [4.78, 5) is 44.8. The first kappa shape index (κ1) is 21.0. The lowest BCUT2D eigenvalue weighted by atomic mass is 9.86. The highest BCUT2D eigenvalue weighted by Crippen LogP contribution is 2.38. The van der Waals surface area contributed by atoms with Crippen LogP contribution in [0.1, 0.15) is 33.9 Å². The minimum Gasteiger partial charge on any atom is -0.337 e. The van der Waals surface area contributed by atoms with Crippen LogP contribution < -0.4 is 0 Å². The van der Waals surface area contributed by atoms with Crippen molar-refractivity contribution in [3.63, 3.8) is 0 Å². The number of carbonyl (C=O) groups excluding carboxylic acids is 3. The molecule has 0 saturated carbocycles. The number of amides is 1. The Bertz CT molecular complexity index is 1090. The Labute approximate surface area is 185 Å². The van der Waals surface area contributed by atoms with E-state index in [1.807, 2.05) is 29.8 Å². The van der Waals surface area contributed by atoms with E-state index < -0.39 is 23.7 Å². The number of carbonyl (C=O) groups is 3. The highest BCUT2D eigenvalue weighted by Gasteiger charge is 2.51. The average molecular weight is 436 g/mol. The lowest BCUT2D eigenvalue weighted by molar-refractivity contribution is -0.140. The quantitative estimate of drug-likeness (QED) is 0.320. The SMILES string of the molecule is Cc1ccc(C(=O)C2C(=O)C(=O)N(CCCn3ccnc3)C2c2ccc(Cl)cc2)cc1. The predicted molar refractivity (Wildman–Crippen MR) is 117 cm³/mol. The fourth-order valence-electron chi connectivity index (χ4n) is 4.00. The molecule has 4 rings (SSSR count). The number of aromatic nitrogens is 2. The summed E-state index contributed by atoms with van der Waals surface area (Å²) in [5.74, 6) is -2.69. The van der Waals surface area contributed by atoms with Crippen LogP contribution in [-0.2, 0) is 16.1 Å². The Morgan fingerprint density at radius 1 is 1.03 bits per heavy atom. The Kier molecular flexibility index (Phi) is 6.00. The van der Waals surface area contributed by atoms with E-state index in [1.165, 1.54) is 4.90 Å². The van der Waals surface area contributed by atoms with E-state index >= 15 is 0 Å². The molecule has 0 aliphatic carbocycles. The Balaban J connectivity index is 1.65. The van der Waals surface area contributed by atoms with Crippen molar-refractivity contribution in [2.75, 3.05) is 6.54 Å². The first-order chi connectivity index (χ1) is 15.0. The smallest absolute Gasteiger partial charge is 0.291 e. The Morgan fingerprint density at radius 3 is 2.39 bits per heavy atom. The first-order valence-corrected chi connectivity index (χ1v) is 10.5. The number of nitrogens with zero attached hydrogens (tertiary/aromatic N) is 3. The zero-order valence-corrected chi connectivity index (χ0v) is 17.8. The van der Waals surface area contributed by atoms with Crippen molar-refractivity contribution >= 4 is 29.1 Å². The van der Waals surface area contributed by atoms with Crippen molar-refractivity contribution in [2.45, 2.75) is 25.9 Å². The highest BCUT2D eigenvalue weighted by molar-refractivity contribution is 6.44. The van der Waals surface area contributed by atoms with Crippen molar-refractivity contribution in [2.24, 2.45) is 5.92 Å². The molecule has 1 aliphatic heterocycles. The molecule has 3 aromatic rings. The molecule has 6 nitrogen and oxygen atoms in total. The number of hydrogen-bond acceptors (Lipinski definition) is 4. The molecule has 0 spiro atoms. The summed E-state index contributed by atoms with van der Waals surface area (Å²) in [6.45, 7) is 2.94. The number of likely N-dealkylation sites (tertiary alicyclic amines) is 1. The molecular weight excluding hydrogens is 414 g/mol. The summed E-state index contributed by atoms with van der Waals surface area (Å²) < 4.78 is 1.91. The van der Waals surface area contributed by atoms with E-state index in [0.29, 0.717) is 30.1 Å². The number of rotatable bonds is 7. The number of hydrogen-bond donors (Lipinski definition) is 0. The second-order valence-electron chi connectivity index (χ2n) is 7.72. The molecule has 0 bridgehead atoms. The van der Waals surface area contributed by atoms with Crippen LogP contribution in [-0.4, -0.2) is 38.5 Å². The molecule has 0 N–H and O–H groups in total. The minimum atomic E-state index is -1.08. The van der Waals surface area contributed by atoms with Gasteiger partial charge in [0.05, 0.1) is 12.4 Å². The van der Waals surface area contributed by atoms with Gasteiger partial charge in [-0.2, -0.15) is 0 Å². The van der Waals surface area contributed by atoms with Gasteiger partial charge in [0.2, 0.25) is 5.78 Å². The van der Waals surface area contributed by atoms with E-state index in [4.69, 9.17) is 11.6 Å². The zero-order chi connectivity index (χ0) is 22.0. The van der Waals surface area contributed by atoms with Crippen LogP contribution >= 0.6 is 11.6 Å². The molecule has 7 heteroatoms. The van der Waals surface area contributed by atoms with Crippen LogP contribution in [0.15, 0.2) is 67.3 Å². The molecule has 2 aromatic carbocycles. The van der Waals surface area contributed by atoms with E-state index in [-0.39, 0.29) is 5.78 Å². The largest absolute Gasteiger partial charge is 0.337 e. The molecule has 0 radical (unpaired) electrons. The Hall–Kier alpha value is -3.25. The van der Waals surface area contributed by atoms with Gasteiger partial charge in [-0.15, -0.1) is 0 Å². The number of benzene rings is 2. The van der Waals surface area contributed by atoms with E-state index in [9.17, 15) is 14.4 Å². The topological polar surface area (TPSA) is 72.3 Å². The van der Waals surface area contributed by atoms with Crippen molar-refractivity contribution in [3.05, 3.63) is 89.0 Å². The van der Waals surface area contributed by atoms with E-state index in [1.54, 1.807) is 48.9 Å². The first-order valence-electron chi connectivity index (χ1n) is 10.1. The minimum absolute atomic E-state index is 0.338. The van der Waals surface area contributed by atoms with E-state index in [2.05, 4.69) is 4.98 Å². The summed E-state index contributed by atoms with van der Waals surface area (Å²) in [6, 6.07) is 13.4. The van der Waals surface area contributed by atoms with Gasteiger partial charge in [-0.25, -0.2) is 4.98 Å². The van der Waals surface area contributed by atoms with Crippen LogP contribution in [0.25, 0.3) is 0 Å². The number of ketones is 2. The van der Waals surface area contributed by atoms with Crippen LogP contribution in [0, 0.1) is 12.8 Å². The fraction of sp³-hybridized carbons (Fsp3) is 0.250. The molecule has 1 saturated heterocycles. The molecule has 31 heavy (non-hydrogen) atoms. The zero-order valence-electron chi connectivity index (χ0n) is 17.1. The van der Waals surface area contributed by atoms with Gasteiger partial charge in [-0.3, -0.25) is 14.4 Å². The molecule has 1 amide bonds. The number of Topliss-reactive ketones (excluding diaryl/α,β-unsaturated/α-hetero) is 2. The molecule has 1 fully saturated rings. The van der Waals surface area contributed by atoms with Gasteiger partial charge in [0.25, 0.3) is 5.91 Å². The van der Waals surface area contributed by atoms with Gasteiger partial charge < -0.3 is 9.47 Å². The average Bonchev–Trinajstić information content (AvgIpc) is 3.37. The summed E-state index contributed by atoms with van der Waals surface area (Å²) >= 11 is 6.04. The lowest BCUT2D eigenvalue weighted by Gasteiger charge is -2.27. The van der Waals surface area contributed by atoms with Crippen molar-refractivity contribution < 1.29 is 14.4 Å². The summed E-state index contributed by atoms with van der Waals surface area (Å²) in [6.07, 6.45) is 5.87. The Morgan fingerprint density at radius 2 is 1.74 bits per heavy atom. The normalized spacial score (nSPS) is 18.6. The fourth-order valence-corrected chi connectivity index (χ4v) is 4.13. The molecule has 2 heterocycles. The van der Waals surface area contributed by atoms with Crippen molar-refractivity contribution in [1.82, 2.24) is 14.5 Å². The summed E-state index contributed by atoms with van der Waals surface area (Å²) in [7, 11) is 0. The van der Waals surface area contributed by atoms with Crippen LogP contribution in [0.2, 0.25) is 5.02 Å². The van der Waals surface area contributed by atoms with Gasteiger partial charge in [0.1, 0.15) is 5.92 Å². The van der Waals surface area contributed by atoms with Crippen LogP contribution in [0.5, 0.6) is 0 Å². The predicted octanol–water partition coefficient (Wildman–Crippen LogP) is 3.89. The molecule has 2 unspecified atom stereocenters. The summed E-state index contributed by atoms with van der Waals surface area (Å²) in [5, 5.41) is 0.549. The number of halogens is 1. The van der Waals surface area contributed by atoms with Gasteiger partial charge in [0.15, 0.2) is 5.78 Å². The molecule has 158 valence electrons. The third-order valence-electron chi connectivity index (χ3n) is 5.61. The van der Waals surface area contributed by atoms with Gasteiger partial charge >= 0.3 is 0 Å².